The number of halogens is 1. The molecule has 1 aliphatic heterocycles. The summed E-state index contributed by atoms with van der Waals surface area (Å²) in [7, 11) is 0. The van der Waals surface area contributed by atoms with Crippen molar-refractivity contribution in [2.75, 3.05) is 18.7 Å². The maximum atomic E-state index is 13.4. The monoisotopic (exact) mass is 510 g/mol. The molecule has 1 aliphatic carbocycles. The van der Waals surface area contributed by atoms with Gasteiger partial charge in [-0.25, -0.2) is 14.2 Å². The number of anilines is 1. The summed E-state index contributed by atoms with van der Waals surface area (Å²) in [5, 5.41) is 3.28. The first-order valence-electron chi connectivity index (χ1n) is 12.3. The standard InChI is InChI=1S/C30H23FN2O5/c31-20-9-11-21(12-10-20)32-27(34)16-36-30(35)28-22-5-1-2-7-24(22)33-29-19(4-3-6-23(28)29)14-18-8-13-25-26(15-18)38-17-37-25/h1-2,5,7-15H,3-4,6,16-17H2,(H,32,34)/b19-14+. The number of rotatable bonds is 5. The molecule has 0 bridgehead atoms. The molecule has 7 nitrogen and oxygen atoms in total. The molecule has 1 aromatic heterocycles. The third-order valence-electron chi connectivity index (χ3n) is 6.57. The van der Waals surface area contributed by atoms with Gasteiger partial charge < -0.3 is 19.5 Å². The molecule has 0 saturated heterocycles. The Balaban J connectivity index is 1.31. The van der Waals surface area contributed by atoms with Gasteiger partial charge in [0.2, 0.25) is 6.79 Å². The molecule has 6 rings (SSSR count). The van der Waals surface area contributed by atoms with Gasteiger partial charge in [-0.15, -0.1) is 0 Å². The fourth-order valence-electron chi connectivity index (χ4n) is 4.85. The van der Waals surface area contributed by atoms with Gasteiger partial charge in [0.25, 0.3) is 5.91 Å². The molecule has 0 atom stereocenters. The number of nitrogens with one attached hydrogen (secondary N) is 1. The van der Waals surface area contributed by atoms with Crippen LogP contribution in [0.25, 0.3) is 22.6 Å². The highest BCUT2D eigenvalue weighted by Gasteiger charge is 2.26. The van der Waals surface area contributed by atoms with Crippen LogP contribution in [-0.2, 0) is 16.0 Å². The summed E-state index contributed by atoms with van der Waals surface area (Å²) >= 11 is 0. The molecule has 2 aliphatic rings. The Hall–Kier alpha value is -4.72. The van der Waals surface area contributed by atoms with E-state index in [-0.39, 0.29) is 6.79 Å². The van der Waals surface area contributed by atoms with E-state index in [1.165, 1.54) is 24.3 Å². The van der Waals surface area contributed by atoms with Crippen molar-refractivity contribution in [3.05, 3.63) is 94.9 Å². The summed E-state index contributed by atoms with van der Waals surface area (Å²) in [6, 6.07) is 18.6. The van der Waals surface area contributed by atoms with E-state index >= 15 is 0 Å². The van der Waals surface area contributed by atoms with Crippen molar-refractivity contribution >= 4 is 40.1 Å². The van der Waals surface area contributed by atoms with Gasteiger partial charge in [0, 0.05) is 11.1 Å². The van der Waals surface area contributed by atoms with Crippen molar-refractivity contribution in [1.82, 2.24) is 4.98 Å². The second kappa shape index (κ2) is 9.97. The van der Waals surface area contributed by atoms with Gasteiger partial charge in [0.05, 0.1) is 16.8 Å². The number of carbonyl (C=O) groups excluding carboxylic acids is 2. The highest BCUT2D eigenvalue weighted by Crippen LogP contribution is 2.38. The van der Waals surface area contributed by atoms with Gasteiger partial charge in [-0.05, 0) is 84.5 Å². The zero-order valence-electron chi connectivity index (χ0n) is 20.3. The zero-order chi connectivity index (χ0) is 26.1. The number of allylic oxidation sites excluding steroid dienone is 1. The van der Waals surface area contributed by atoms with Crippen LogP contribution < -0.4 is 14.8 Å². The number of amides is 1. The average Bonchev–Trinajstić information content (AvgIpc) is 3.40. The Labute approximate surface area is 217 Å². The number of aromatic nitrogens is 1. The van der Waals surface area contributed by atoms with E-state index in [1.54, 1.807) is 0 Å². The minimum absolute atomic E-state index is 0.207. The molecule has 3 aromatic carbocycles. The summed E-state index contributed by atoms with van der Waals surface area (Å²) in [5.74, 6) is -0.0893. The van der Waals surface area contributed by atoms with E-state index in [4.69, 9.17) is 19.2 Å². The summed E-state index contributed by atoms with van der Waals surface area (Å²) < 4.78 is 29.5. The van der Waals surface area contributed by atoms with Crippen molar-refractivity contribution in [2.24, 2.45) is 0 Å². The second-order valence-corrected chi connectivity index (χ2v) is 9.10. The van der Waals surface area contributed by atoms with E-state index in [0.29, 0.717) is 40.1 Å². The number of ether oxygens (including phenoxy) is 3. The summed E-state index contributed by atoms with van der Waals surface area (Å²) in [4.78, 5) is 30.7. The van der Waals surface area contributed by atoms with Crippen LogP contribution in [0.2, 0.25) is 0 Å². The fraction of sp³-hybridized carbons (Fsp3) is 0.167. The molecule has 8 heteroatoms. The number of benzene rings is 3. The zero-order valence-corrected chi connectivity index (χ0v) is 20.3. The van der Waals surface area contributed by atoms with Crippen LogP contribution in [0, 0.1) is 5.82 Å². The number of para-hydroxylation sites is 1. The molecule has 4 aromatic rings. The quantitative estimate of drug-likeness (QED) is 0.343. The van der Waals surface area contributed by atoms with Gasteiger partial charge >= 0.3 is 5.97 Å². The smallest absolute Gasteiger partial charge is 0.339 e. The van der Waals surface area contributed by atoms with Crippen LogP contribution in [0.3, 0.4) is 0 Å². The number of fused-ring (bicyclic) bond motifs is 3. The molecule has 0 spiro atoms. The van der Waals surface area contributed by atoms with E-state index in [0.717, 1.165) is 35.2 Å². The molecule has 190 valence electrons. The molecule has 0 saturated carbocycles. The normalized spacial score (nSPS) is 14.8. The number of carbonyl (C=O) groups is 2. The maximum absolute atomic E-state index is 13.4. The predicted molar refractivity (Wildman–Crippen MR) is 140 cm³/mol. The first-order valence-corrected chi connectivity index (χ1v) is 12.3. The SMILES string of the molecule is O=C(COC(=O)c1c2c(nc3ccccc13)/C(=C/c1ccc3c(c1)OCO3)CCC2)Nc1ccc(F)cc1. The molecule has 0 radical (unpaired) electrons. The van der Waals surface area contributed by atoms with Crippen molar-refractivity contribution in [3.63, 3.8) is 0 Å². The van der Waals surface area contributed by atoms with Gasteiger partial charge in [0.1, 0.15) is 5.82 Å². The molecule has 0 fully saturated rings. The lowest BCUT2D eigenvalue weighted by molar-refractivity contribution is -0.119. The molecule has 1 amide bonds. The summed E-state index contributed by atoms with van der Waals surface area (Å²) in [6.07, 6.45) is 4.38. The van der Waals surface area contributed by atoms with Gasteiger partial charge in [0.15, 0.2) is 18.1 Å². The fourth-order valence-corrected chi connectivity index (χ4v) is 4.85. The molecular weight excluding hydrogens is 487 g/mol. The number of nitrogens with zero attached hydrogens (tertiary/aromatic N) is 1. The van der Waals surface area contributed by atoms with Gasteiger partial charge in [-0.1, -0.05) is 24.3 Å². The van der Waals surface area contributed by atoms with Crippen LogP contribution >= 0.6 is 0 Å². The van der Waals surface area contributed by atoms with Gasteiger partial charge in [-0.3, -0.25) is 4.79 Å². The number of hydrogen-bond donors (Lipinski definition) is 1. The van der Waals surface area contributed by atoms with E-state index in [1.807, 2.05) is 42.5 Å². The highest BCUT2D eigenvalue weighted by atomic mass is 19.1. The lowest BCUT2D eigenvalue weighted by Gasteiger charge is -2.22. The van der Waals surface area contributed by atoms with Crippen molar-refractivity contribution < 1.29 is 28.2 Å². The first kappa shape index (κ1) is 23.7. The summed E-state index contributed by atoms with van der Waals surface area (Å²) in [6.45, 7) is -0.263. The minimum atomic E-state index is -0.585. The molecular formula is C30H23FN2O5. The third kappa shape index (κ3) is 4.68. The molecule has 2 heterocycles. The van der Waals surface area contributed by atoms with Crippen molar-refractivity contribution in [2.45, 2.75) is 19.3 Å². The minimum Gasteiger partial charge on any atom is -0.454 e. The average molecular weight is 511 g/mol. The number of pyridine rings is 1. The Morgan fingerprint density at radius 1 is 1.00 bits per heavy atom. The van der Waals surface area contributed by atoms with Crippen LogP contribution in [0.1, 0.15) is 40.0 Å². The predicted octanol–water partition coefficient (Wildman–Crippen LogP) is 5.78. The molecule has 1 N–H and O–H groups in total. The van der Waals surface area contributed by atoms with Crippen LogP contribution in [-0.4, -0.2) is 30.3 Å². The first-order chi connectivity index (χ1) is 18.5. The number of esters is 1. The van der Waals surface area contributed by atoms with Crippen molar-refractivity contribution in [3.8, 4) is 11.5 Å². The second-order valence-electron chi connectivity index (χ2n) is 9.10. The van der Waals surface area contributed by atoms with Crippen LogP contribution in [0.15, 0.2) is 66.7 Å². The lowest BCUT2D eigenvalue weighted by atomic mass is 9.86. The van der Waals surface area contributed by atoms with Gasteiger partial charge in [-0.2, -0.15) is 0 Å². The highest BCUT2D eigenvalue weighted by molar-refractivity contribution is 6.07. The van der Waals surface area contributed by atoms with Crippen molar-refractivity contribution in [1.29, 1.82) is 0 Å². The van der Waals surface area contributed by atoms with Crippen LogP contribution in [0.4, 0.5) is 10.1 Å². The largest absolute Gasteiger partial charge is 0.454 e. The Kier molecular flexibility index (Phi) is 6.21. The topological polar surface area (TPSA) is 86.8 Å². The molecule has 0 unspecified atom stereocenters. The Bertz CT molecular complexity index is 1600. The van der Waals surface area contributed by atoms with E-state index < -0.39 is 24.3 Å². The van der Waals surface area contributed by atoms with Crippen LogP contribution in [0.5, 0.6) is 11.5 Å². The lowest BCUT2D eigenvalue weighted by Crippen LogP contribution is -2.22. The summed E-state index contributed by atoms with van der Waals surface area (Å²) in [5.41, 5.74) is 5.05. The third-order valence-corrected chi connectivity index (χ3v) is 6.57. The molecule has 38 heavy (non-hydrogen) atoms. The maximum Gasteiger partial charge on any atom is 0.339 e. The van der Waals surface area contributed by atoms with E-state index in [2.05, 4.69) is 11.4 Å². The Morgan fingerprint density at radius 3 is 2.68 bits per heavy atom. The number of hydrogen-bond acceptors (Lipinski definition) is 6. The Morgan fingerprint density at radius 2 is 1.82 bits per heavy atom. The van der Waals surface area contributed by atoms with E-state index in [9.17, 15) is 14.0 Å².